The minimum absolute atomic E-state index is 0.00314. The monoisotopic (exact) mass is 458 g/mol. The molecule has 3 heterocycles. The van der Waals surface area contributed by atoms with E-state index >= 15 is 0 Å². The number of aliphatic hydroxyl groups is 1. The predicted octanol–water partition coefficient (Wildman–Crippen LogP) is 0.233. The van der Waals surface area contributed by atoms with Crippen LogP contribution in [0.1, 0.15) is 33.4 Å². The van der Waals surface area contributed by atoms with Gasteiger partial charge in [0.15, 0.2) is 17.4 Å². The molecule has 172 valence electrons. The molecule has 1 fully saturated rings. The number of nitrogen functional groups attached to an aromatic ring is 1. The molecule has 0 radical (unpaired) electrons. The van der Waals surface area contributed by atoms with E-state index in [0.717, 1.165) is 0 Å². The van der Waals surface area contributed by atoms with Crippen LogP contribution in [-0.4, -0.2) is 73.6 Å². The molecule has 31 heavy (non-hydrogen) atoms. The Bertz CT molecular complexity index is 924. The Morgan fingerprint density at radius 1 is 1.52 bits per heavy atom. The van der Waals surface area contributed by atoms with E-state index in [1.54, 1.807) is 25.3 Å². The van der Waals surface area contributed by atoms with Crippen LogP contribution in [0.25, 0.3) is 11.2 Å². The van der Waals surface area contributed by atoms with Crippen molar-refractivity contribution in [1.82, 2.24) is 24.6 Å². The maximum absolute atomic E-state index is 11.5. The number of aromatic nitrogens is 4. The van der Waals surface area contributed by atoms with Crippen LogP contribution in [0.2, 0.25) is 0 Å². The molecule has 0 aromatic carbocycles. The van der Waals surface area contributed by atoms with E-state index < -0.39 is 32.4 Å². The molecule has 0 saturated carbocycles. The Hall–Kier alpha value is -2.15. The normalized spacial score (nSPS) is 24.6. The summed E-state index contributed by atoms with van der Waals surface area (Å²) in [7, 11) is -0.625. The zero-order valence-electron chi connectivity index (χ0n) is 17.7. The second-order valence-electron chi connectivity index (χ2n) is 7.53. The van der Waals surface area contributed by atoms with Crippen molar-refractivity contribution in [3.05, 3.63) is 6.33 Å². The Kier molecular flexibility index (Phi) is 7.24. The lowest BCUT2D eigenvalue weighted by Crippen LogP contribution is -2.32. The molecule has 5 N–H and O–H groups in total. The SMILES string of the molecule is COc1nc(N)nc2c1ncn2[C@@H]1OC(COP(O)NCC(=O)OC(C)C)CC1(C)O. The number of nitrogens with one attached hydrogen (secondary N) is 1. The van der Waals surface area contributed by atoms with Gasteiger partial charge in [-0.25, -0.2) is 10.1 Å². The molecule has 0 aliphatic carbocycles. The largest absolute Gasteiger partial charge is 0.479 e. The van der Waals surface area contributed by atoms with E-state index in [2.05, 4.69) is 20.0 Å². The lowest BCUT2D eigenvalue weighted by molar-refractivity contribution is -0.145. The number of carbonyl (C=O) groups excluding carboxylic acids is 1. The Morgan fingerprint density at radius 2 is 2.26 bits per heavy atom. The molecule has 3 unspecified atom stereocenters. The van der Waals surface area contributed by atoms with Gasteiger partial charge >= 0.3 is 5.97 Å². The number of esters is 1. The van der Waals surface area contributed by atoms with Crippen molar-refractivity contribution in [2.75, 3.05) is 26.0 Å². The number of ether oxygens (including phenoxy) is 3. The summed E-state index contributed by atoms with van der Waals surface area (Å²) in [6.45, 7) is 4.89. The van der Waals surface area contributed by atoms with Crippen molar-refractivity contribution in [2.45, 2.75) is 51.2 Å². The number of hydrogen-bond acceptors (Lipinski definition) is 12. The summed E-state index contributed by atoms with van der Waals surface area (Å²) < 4.78 is 23.0. The van der Waals surface area contributed by atoms with Crippen molar-refractivity contribution < 1.29 is 33.5 Å². The van der Waals surface area contributed by atoms with Crippen LogP contribution in [0.15, 0.2) is 6.33 Å². The average Bonchev–Trinajstić information content (AvgIpc) is 3.22. The highest BCUT2D eigenvalue weighted by atomic mass is 31.2. The minimum atomic E-state index is -2.07. The topological polar surface area (TPSA) is 176 Å². The van der Waals surface area contributed by atoms with Crippen molar-refractivity contribution in [1.29, 1.82) is 0 Å². The summed E-state index contributed by atoms with van der Waals surface area (Å²) in [5.41, 5.74) is 5.20. The number of rotatable bonds is 9. The van der Waals surface area contributed by atoms with Gasteiger partial charge < -0.3 is 34.5 Å². The highest BCUT2D eigenvalue weighted by molar-refractivity contribution is 7.43. The molecule has 4 atom stereocenters. The van der Waals surface area contributed by atoms with Crippen LogP contribution in [-0.2, 0) is 18.8 Å². The van der Waals surface area contributed by atoms with Gasteiger partial charge in [0, 0.05) is 6.42 Å². The number of hydrogen-bond donors (Lipinski definition) is 4. The van der Waals surface area contributed by atoms with E-state index in [4.69, 9.17) is 24.5 Å². The molecule has 3 rings (SSSR count). The number of nitrogens with zero attached hydrogens (tertiary/aromatic N) is 4. The number of methoxy groups -OCH3 is 1. The third-order valence-corrected chi connectivity index (χ3v) is 5.28. The lowest BCUT2D eigenvalue weighted by Gasteiger charge is -2.24. The maximum atomic E-state index is 11.5. The lowest BCUT2D eigenvalue weighted by atomic mass is 10.0. The van der Waals surface area contributed by atoms with Gasteiger partial charge in [0.25, 0.3) is 8.53 Å². The smallest absolute Gasteiger partial charge is 0.320 e. The van der Waals surface area contributed by atoms with Gasteiger partial charge in [-0.05, 0) is 20.8 Å². The fourth-order valence-electron chi connectivity index (χ4n) is 3.26. The van der Waals surface area contributed by atoms with Crippen molar-refractivity contribution in [3.8, 4) is 5.88 Å². The molecular weight excluding hydrogens is 431 g/mol. The number of carbonyl (C=O) groups is 1. The third-order valence-electron chi connectivity index (χ3n) is 4.46. The van der Waals surface area contributed by atoms with Crippen molar-refractivity contribution in [3.63, 3.8) is 0 Å². The molecule has 1 saturated heterocycles. The highest BCUT2D eigenvalue weighted by Crippen LogP contribution is 2.41. The van der Waals surface area contributed by atoms with Crippen LogP contribution in [0.3, 0.4) is 0 Å². The van der Waals surface area contributed by atoms with E-state index in [0.29, 0.717) is 11.2 Å². The van der Waals surface area contributed by atoms with Gasteiger partial charge in [-0.15, -0.1) is 0 Å². The number of imidazole rings is 1. The highest BCUT2D eigenvalue weighted by Gasteiger charge is 2.46. The molecule has 1 aliphatic heterocycles. The molecule has 0 spiro atoms. The second kappa shape index (κ2) is 9.55. The van der Waals surface area contributed by atoms with Gasteiger partial charge in [0.05, 0.1) is 32.3 Å². The average molecular weight is 458 g/mol. The standard InChI is InChI=1S/C17H27N6O7P/c1-9(2)29-11(24)6-20-31(26)28-7-10-5-17(3,25)15(30-10)23-8-19-12-13(23)21-16(18)22-14(12)27-4/h8-10,15,20,25-26H,5-7H2,1-4H3,(H2,18,21,22)/t10?,15-,17?,31?/m1/s1. The Morgan fingerprint density at radius 3 is 2.94 bits per heavy atom. The molecule has 14 heteroatoms. The van der Waals surface area contributed by atoms with Crippen molar-refractivity contribution in [2.24, 2.45) is 0 Å². The fraction of sp³-hybridized carbons (Fsp3) is 0.647. The molecule has 13 nitrogen and oxygen atoms in total. The first kappa shape index (κ1) is 23.5. The van der Waals surface area contributed by atoms with Gasteiger partial charge in [-0.1, -0.05) is 0 Å². The number of fused-ring (bicyclic) bond motifs is 1. The van der Waals surface area contributed by atoms with Crippen LogP contribution in [0.5, 0.6) is 5.88 Å². The summed E-state index contributed by atoms with van der Waals surface area (Å²) in [5, 5.41) is 13.5. The zero-order valence-corrected chi connectivity index (χ0v) is 18.6. The van der Waals surface area contributed by atoms with Gasteiger partial charge in [-0.2, -0.15) is 9.97 Å². The molecule has 0 bridgehead atoms. The number of nitrogens with two attached hydrogens (primary N) is 1. The Labute approximate surface area is 179 Å². The molecule has 2 aromatic heterocycles. The van der Waals surface area contributed by atoms with Crippen LogP contribution < -0.4 is 15.6 Å². The van der Waals surface area contributed by atoms with Crippen LogP contribution in [0.4, 0.5) is 5.95 Å². The van der Waals surface area contributed by atoms with Crippen LogP contribution in [0, 0.1) is 0 Å². The first-order valence-electron chi connectivity index (χ1n) is 9.57. The van der Waals surface area contributed by atoms with Crippen molar-refractivity contribution >= 4 is 31.6 Å². The molecule has 2 aromatic rings. The molecular formula is C17H27N6O7P. The minimum Gasteiger partial charge on any atom is -0.479 e. The van der Waals surface area contributed by atoms with Gasteiger partial charge in [-0.3, -0.25) is 9.36 Å². The fourth-order valence-corrected chi connectivity index (χ4v) is 3.92. The van der Waals surface area contributed by atoms with Crippen LogP contribution >= 0.6 is 8.53 Å². The second-order valence-corrected chi connectivity index (χ2v) is 8.65. The van der Waals surface area contributed by atoms with Gasteiger partial charge in [0.2, 0.25) is 11.8 Å². The third kappa shape index (κ3) is 5.56. The zero-order chi connectivity index (χ0) is 22.8. The first-order chi connectivity index (χ1) is 14.6. The summed E-state index contributed by atoms with van der Waals surface area (Å²) in [6, 6.07) is 0. The summed E-state index contributed by atoms with van der Waals surface area (Å²) >= 11 is 0. The summed E-state index contributed by atoms with van der Waals surface area (Å²) in [5.74, 6) is -0.285. The Balaban J connectivity index is 1.62. The first-order valence-corrected chi connectivity index (χ1v) is 10.8. The summed E-state index contributed by atoms with van der Waals surface area (Å²) in [4.78, 5) is 33.9. The number of anilines is 1. The summed E-state index contributed by atoms with van der Waals surface area (Å²) in [6.07, 6.45) is 0.0908. The van der Waals surface area contributed by atoms with E-state index in [-0.39, 0.29) is 37.5 Å². The van der Waals surface area contributed by atoms with Gasteiger partial charge in [0.1, 0.15) is 12.1 Å². The maximum Gasteiger partial charge on any atom is 0.320 e. The molecule has 0 amide bonds. The quantitative estimate of drug-likeness (QED) is 0.298. The molecule has 1 aliphatic rings. The van der Waals surface area contributed by atoms with E-state index in [1.165, 1.54) is 13.4 Å². The predicted molar refractivity (Wildman–Crippen MR) is 110 cm³/mol. The van der Waals surface area contributed by atoms with E-state index in [9.17, 15) is 14.8 Å². The van der Waals surface area contributed by atoms with E-state index in [1.807, 2.05) is 0 Å².